The van der Waals surface area contributed by atoms with Crippen LogP contribution in [0.4, 0.5) is 4.79 Å². The molecule has 3 saturated heterocycles. The number of hydrogen-bond donors (Lipinski definition) is 1. The van der Waals surface area contributed by atoms with E-state index in [0.29, 0.717) is 25.8 Å². The van der Waals surface area contributed by atoms with Crippen LogP contribution in [0.1, 0.15) is 43.7 Å². The average Bonchev–Trinajstić information content (AvgIpc) is 3.30. The van der Waals surface area contributed by atoms with Crippen molar-refractivity contribution in [2.24, 2.45) is 0 Å². The third-order valence-corrected chi connectivity index (χ3v) is 8.91. The molecule has 0 aromatic heterocycles. The molecule has 0 aliphatic carbocycles. The molecule has 1 N–H and O–H groups in total. The molecule has 4 rings (SSSR count). The first kappa shape index (κ1) is 22.2. The van der Waals surface area contributed by atoms with Crippen LogP contribution in [-0.2, 0) is 14.8 Å². The number of likely N-dealkylation sites (tertiary alicyclic amines) is 1. The molecule has 3 fully saturated rings. The maximum Gasteiger partial charge on any atom is 0.325 e. The SMILES string of the molecule is CCCN1CCC2(CC1)NC(=O)N([C@H]1CCN(S(=O)(=O)c3ccc(C)c(C)c3)C1)C2=O. The van der Waals surface area contributed by atoms with Crippen LogP contribution >= 0.6 is 0 Å². The molecule has 3 heterocycles. The number of sulfonamides is 1. The lowest BCUT2D eigenvalue weighted by Crippen LogP contribution is -2.55. The molecule has 0 saturated carbocycles. The third-order valence-electron chi connectivity index (χ3n) is 7.05. The van der Waals surface area contributed by atoms with Crippen LogP contribution in [-0.4, -0.2) is 78.8 Å². The molecule has 3 amide bonds. The van der Waals surface area contributed by atoms with Gasteiger partial charge in [-0.1, -0.05) is 13.0 Å². The van der Waals surface area contributed by atoms with Crippen LogP contribution in [0.2, 0.25) is 0 Å². The summed E-state index contributed by atoms with van der Waals surface area (Å²) in [5.41, 5.74) is 1.12. The minimum atomic E-state index is -3.67. The number of carbonyl (C=O) groups is 2. The largest absolute Gasteiger partial charge is 0.325 e. The van der Waals surface area contributed by atoms with Crippen molar-refractivity contribution in [3.05, 3.63) is 29.3 Å². The number of piperidine rings is 1. The fourth-order valence-electron chi connectivity index (χ4n) is 4.95. The Morgan fingerprint density at radius 3 is 2.45 bits per heavy atom. The highest BCUT2D eigenvalue weighted by Gasteiger charge is 2.55. The van der Waals surface area contributed by atoms with E-state index in [1.165, 1.54) is 9.21 Å². The number of benzene rings is 1. The topological polar surface area (TPSA) is 90.0 Å². The smallest absolute Gasteiger partial charge is 0.323 e. The first-order valence-electron chi connectivity index (χ1n) is 11.1. The summed E-state index contributed by atoms with van der Waals surface area (Å²) in [6.45, 7) is 8.97. The zero-order valence-corrected chi connectivity index (χ0v) is 19.4. The van der Waals surface area contributed by atoms with E-state index in [0.717, 1.165) is 37.2 Å². The van der Waals surface area contributed by atoms with E-state index in [1.807, 2.05) is 19.9 Å². The van der Waals surface area contributed by atoms with E-state index >= 15 is 0 Å². The monoisotopic (exact) mass is 448 g/mol. The molecule has 1 aromatic carbocycles. The number of amides is 3. The number of carbonyl (C=O) groups excluding carboxylic acids is 2. The zero-order chi connectivity index (χ0) is 22.4. The second-order valence-electron chi connectivity index (χ2n) is 9.08. The van der Waals surface area contributed by atoms with E-state index in [9.17, 15) is 18.0 Å². The summed E-state index contributed by atoms with van der Waals surface area (Å²) in [5, 5.41) is 2.95. The van der Waals surface area contributed by atoms with Crippen LogP contribution in [0.25, 0.3) is 0 Å². The standard InChI is InChI=1S/C22H32N4O4S/c1-4-10-24-12-8-22(9-13-24)20(27)26(21(28)23-22)18-7-11-25(15-18)31(29,30)19-6-5-16(2)17(3)14-19/h5-6,14,18H,4,7-13,15H2,1-3H3,(H,23,28)/t18-/m0/s1. The zero-order valence-electron chi connectivity index (χ0n) is 18.6. The number of imide groups is 1. The Labute approximate surface area is 184 Å². The minimum absolute atomic E-state index is 0.145. The van der Waals surface area contributed by atoms with Gasteiger partial charge in [0.05, 0.1) is 10.9 Å². The van der Waals surface area contributed by atoms with Crippen LogP contribution in [0, 0.1) is 13.8 Å². The Hall–Kier alpha value is -1.97. The summed E-state index contributed by atoms with van der Waals surface area (Å²) in [5.74, 6) is -0.191. The van der Waals surface area contributed by atoms with Crippen LogP contribution in [0.3, 0.4) is 0 Å². The highest BCUT2D eigenvalue weighted by atomic mass is 32.2. The van der Waals surface area contributed by atoms with Crippen molar-refractivity contribution in [3.63, 3.8) is 0 Å². The van der Waals surface area contributed by atoms with Crippen molar-refractivity contribution in [1.29, 1.82) is 0 Å². The highest BCUT2D eigenvalue weighted by molar-refractivity contribution is 7.89. The molecule has 0 unspecified atom stereocenters. The highest BCUT2D eigenvalue weighted by Crippen LogP contribution is 2.33. The van der Waals surface area contributed by atoms with Gasteiger partial charge in [-0.15, -0.1) is 0 Å². The molecule has 170 valence electrons. The fraction of sp³-hybridized carbons (Fsp3) is 0.636. The minimum Gasteiger partial charge on any atom is -0.323 e. The Bertz CT molecular complexity index is 985. The number of nitrogens with zero attached hydrogens (tertiary/aromatic N) is 3. The first-order chi connectivity index (χ1) is 14.7. The molecule has 0 bridgehead atoms. The number of nitrogens with one attached hydrogen (secondary N) is 1. The van der Waals surface area contributed by atoms with E-state index in [-0.39, 0.29) is 23.4 Å². The lowest BCUT2D eigenvalue weighted by molar-refractivity contribution is -0.134. The van der Waals surface area contributed by atoms with Crippen LogP contribution in [0.15, 0.2) is 23.1 Å². The van der Waals surface area contributed by atoms with Crippen molar-refractivity contribution in [1.82, 2.24) is 19.4 Å². The molecular formula is C22H32N4O4S. The van der Waals surface area contributed by atoms with Gasteiger partial charge in [-0.2, -0.15) is 4.31 Å². The molecule has 3 aliphatic heterocycles. The molecule has 1 spiro atoms. The van der Waals surface area contributed by atoms with Crippen molar-refractivity contribution < 1.29 is 18.0 Å². The Kier molecular flexibility index (Phi) is 5.87. The van der Waals surface area contributed by atoms with E-state index in [2.05, 4.69) is 17.1 Å². The Balaban J connectivity index is 1.47. The Morgan fingerprint density at radius 2 is 1.81 bits per heavy atom. The normalized spacial score (nSPS) is 24.9. The predicted molar refractivity (Wildman–Crippen MR) is 117 cm³/mol. The number of urea groups is 1. The molecule has 31 heavy (non-hydrogen) atoms. The summed E-state index contributed by atoms with van der Waals surface area (Å²) in [7, 11) is -3.67. The summed E-state index contributed by atoms with van der Waals surface area (Å²) >= 11 is 0. The molecule has 9 heteroatoms. The lowest BCUT2D eigenvalue weighted by atomic mass is 9.87. The second-order valence-corrected chi connectivity index (χ2v) is 11.0. The summed E-state index contributed by atoms with van der Waals surface area (Å²) in [6, 6.07) is 4.30. The molecule has 8 nitrogen and oxygen atoms in total. The third kappa shape index (κ3) is 3.87. The molecule has 1 aromatic rings. The van der Waals surface area contributed by atoms with Gasteiger partial charge in [0, 0.05) is 26.2 Å². The number of aryl methyl sites for hydroxylation is 2. The maximum atomic E-state index is 13.3. The molecule has 1 atom stereocenters. The van der Waals surface area contributed by atoms with E-state index < -0.39 is 21.6 Å². The quantitative estimate of drug-likeness (QED) is 0.695. The first-order valence-corrected chi connectivity index (χ1v) is 12.6. The van der Waals surface area contributed by atoms with Gasteiger partial charge in [-0.3, -0.25) is 9.69 Å². The Morgan fingerprint density at radius 1 is 1.10 bits per heavy atom. The summed E-state index contributed by atoms with van der Waals surface area (Å²) < 4.78 is 27.7. The molecular weight excluding hydrogens is 416 g/mol. The van der Waals surface area contributed by atoms with Gasteiger partial charge in [0.2, 0.25) is 10.0 Å². The molecule has 0 radical (unpaired) electrons. The van der Waals surface area contributed by atoms with Crippen molar-refractivity contribution >= 4 is 22.0 Å². The second kappa shape index (κ2) is 8.18. The van der Waals surface area contributed by atoms with Gasteiger partial charge in [0.25, 0.3) is 5.91 Å². The molecule has 3 aliphatic rings. The van der Waals surface area contributed by atoms with Crippen LogP contribution in [0.5, 0.6) is 0 Å². The number of rotatable bonds is 5. The van der Waals surface area contributed by atoms with Gasteiger partial charge in [0.1, 0.15) is 5.54 Å². The van der Waals surface area contributed by atoms with Gasteiger partial charge >= 0.3 is 6.03 Å². The summed E-state index contributed by atoms with van der Waals surface area (Å²) in [4.78, 5) is 30.0. The maximum absolute atomic E-state index is 13.3. The van der Waals surface area contributed by atoms with E-state index in [4.69, 9.17) is 0 Å². The van der Waals surface area contributed by atoms with E-state index in [1.54, 1.807) is 12.1 Å². The fourth-order valence-corrected chi connectivity index (χ4v) is 6.53. The van der Waals surface area contributed by atoms with Crippen molar-refractivity contribution in [2.75, 3.05) is 32.7 Å². The summed E-state index contributed by atoms with van der Waals surface area (Å²) in [6.07, 6.45) is 2.73. The lowest BCUT2D eigenvalue weighted by Gasteiger charge is -2.37. The van der Waals surface area contributed by atoms with Gasteiger partial charge in [-0.25, -0.2) is 13.2 Å². The van der Waals surface area contributed by atoms with Crippen molar-refractivity contribution in [2.45, 2.75) is 62.9 Å². The van der Waals surface area contributed by atoms with Gasteiger partial charge in [0.15, 0.2) is 0 Å². The van der Waals surface area contributed by atoms with Crippen molar-refractivity contribution in [3.8, 4) is 0 Å². The van der Waals surface area contributed by atoms with Gasteiger partial charge < -0.3 is 10.2 Å². The predicted octanol–water partition coefficient (Wildman–Crippen LogP) is 1.86. The van der Waals surface area contributed by atoms with Gasteiger partial charge in [-0.05, 0) is 69.3 Å². The number of hydrogen-bond acceptors (Lipinski definition) is 5. The van der Waals surface area contributed by atoms with Crippen LogP contribution < -0.4 is 5.32 Å². The average molecular weight is 449 g/mol.